The summed E-state index contributed by atoms with van der Waals surface area (Å²) in [5, 5.41) is 8.65. The lowest BCUT2D eigenvalue weighted by Crippen LogP contribution is -2.23. The summed E-state index contributed by atoms with van der Waals surface area (Å²) >= 11 is 0. The van der Waals surface area contributed by atoms with Crippen LogP contribution >= 0.6 is 0 Å². The van der Waals surface area contributed by atoms with Gasteiger partial charge in [0.25, 0.3) is 5.91 Å². The SMILES string of the molecule is CN(C)c1ccc(-n2nc3cccc4c3c2CCNC4=O)cc1. The molecule has 0 saturated carbocycles. The largest absolute Gasteiger partial charge is 0.378 e. The Bertz CT molecular complexity index is 893. The van der Waals surface area contributed by atoms with Crippen molar-refractivity contribution in [2.45, 2.75) is 6.42 Å². The minimum atomic E-state index is -0.0168. The van der Waals surface area contributed by atoms with Gasteiger partial charge in [-0.15, -0.1) is 0 Å². The summed E-state index contributed by atoms with van der Waals surface area (Å²) in [5.41, 5.74) is 4.83. The van der Waals surface area contributed by atoms with E-state index in [1.807, 2.05) is 37.0 Å². The van der Waals surface area contributed by atoms with Crippen molar-refractivity contribution >= 4 is 22.5 Å². The molecule has 2 aromatic carbocycles. The number of nitrogens with zero attached hydrogens (tertiary/aromatic N) is 3. The predicted octanol–water partition coefficient (Wildman–Crippen LogP) is 2.38. The number of nitrogens with one attached hydrogen (secondary N) is 1. The van der Waals surface area contributed by atoms with Gasteiger partial charge in [0, 0.05) is 38.1 Å². The third kappa shape index (κ3) is 2.16. The second-order valence-corrected chi connectivity index (χ2v) is 5.97. The molecule has 4 rings (SSSR count). The number of amides is 1. The fourth-order valence-electron chi connectivity index (χ4n) is 3.12. The van der Waals surface area contributed by atoms with Gasteiger partial charge in [0.15, 0.2) is 0 Å². The van der Waals surface area contributed by atoms with Gasteiger partial charge in [0.05, 0.1) is 22.5 Å². The zero-order valence-corrected chi connectivity index (χ0v) is 13.2. The van der Waals surface area contributed by atoms with Gasteiger partial charge < -0.3 is 10.2 Å². The van der Waals surface area contributed by atoms with Gasteiger partial charge in [0.1, 0.15) is 0 Å². The fraction of sp³-hybridized carbons (Fsp3) is 0.222. The minimum Gasteiger partial charge on any atom is -0.378 e. The molecule has 1 N–H and O–H groups in total. The van der Waals surface area contributed by atoms with Crippen molar-refractivity contribution in [2.75, 3.05) is 25.5 Å². The van der Waals surface area contributed by atoms with E-state index in [1.165, 1.54) is 0 Å². The van der Waals surface area contributed by atoms with E-state index in [4.69, 9.17) is 5.10 Å². The summed E-state index contributed by atoms with van der Waals surface area (Å²) in [5.74, 6) is -0.0168. The van der Waals surface area contributed by atoms with Crippen LogP contribution in [0.5, 0.6) is 0 Å². The smallest absolute Gasteiger partial charge is 0.252 e. The van der Waals surface area contributed by atoms with Gasteiger partial charge >= 0.3 is 0 Å². The van der Waals surface area contributed by atoms with Crippen molar-refractivity contribution in [3.8, 4) is 5.69 Å². The summed E-state index contributed by atoms with van der Waals surface area (Å²) in [7, 11) is 4.05. The molecule has 0 saturated heterocycles. The maximum Gasteiger partial charge on any atom is 0.252 e. The Morgan fingerprint density at radius 1 is 1.13 bits per heavy atom. The Hall–Kier alpha value is -2.82. The van der Waals surface area contributed by atoms with Crippen LogP contribution in [0.25, 0.3) is 16.6 Å². The molecule has 3 aromatic rings. The second kappa shape index (κ2) is 5.12. The first-order valence-electron chi connectivity index (χ1n) is 7.72. The average molecular weight is 306 g/mol. The van der Waals surface area contributed by atoms with Crippen molar-refractivity contribution in [1.82, 2.24) is 15.1 Å². The van der Waals surface area contributed by atoms with Crippen molar-refractivity contribution in [3.05, 3.63) is 53.7 Å². The van der Waals surface area contributed by atoms with Crippen molar-refractivity contribution in [1.29, 1.82) is 0 Å². The van der Waals surface area contributed by atoms with Crippen LogP contribution in [-0.4, -0.2) is 36.3 Å². The van der Waals surface area contributed by atoms with Crippen LogP contribution in [0.15, 0.2) is 42.5 Å². The normalized spacial score (nSPS) is 13.7. The van der Waals surface area contributed by atoms with E-state index in [0.29, 0.717) is 12.1 Å². The van der Waals surface area contributed by atoms with Crippen LogP contribution in [0.1, 0.15) is 16.1 Å². The number of hydrogen-bond acceptors (Lipinski definition) is 3. The van der Waals surface area contributed by atoms with E-state index in [0.717, 1.165) is 34.4 Å². The van der Waals surface area contributed by atoms with E-state index >= 15 is 0 Å². The first-order valence-corrected chi connectivity index (χ1v) is 7.72. The zero-order chi connectivity index (χ0) is 16.0. The van der Waals surface area contributed by atoms with Gasteiger partial charge in [-0.1, -0.05) is 6.07 Å². The molecule has 0 aliphatic carbocycles. The third-order valence-electron chi connectivity index (χ3n) is 4.30. The molecular weight excluding hydrogens is 288 g/mol. The fourth-order valence-corrected chi connectivity index (χ4v) is 3.12. The Morgan fingerprint density at radius 2 is 1.91 bits per heavy atom. The molecule has 1 aliphatic heterocycles. The maximum absolute atomic E-state index is 12.2. The zero-order valence-electron chi connectivity index (χ0n) is 13.2. The molecule has 0 fully saturated rings. The molecule has 0 spiro atoms. The predicted molar refractivity (Wildman–Crippen MR) is 91.4 cm³/mol. The van der Waals surface area contributed by atoms with Crippen LogP contribution in [0.3, 0.4) is 0 Å². The molecule has 1 amide bonds. The average Bonchev–Trinajstić information content (AvgIpc) is 2.84. The Balaban J connectivity index is 1.92. The first-order chi connectivity index (χ1) is 11.1. The molecule has 0 radical (unpaired) electrons. The molecule has 23 heavy (non-hydrogen) atoms. The highest BCUT2D eigenvalue weighted by atomic mass is 16.1. The standard InChI is InChI=1S/C18H18N4O/c1-21(2)12-6-8-13(9-7-12)22-16-10-11-19-18(23)14-4-3-5-15(20-22)17(14)16/h3-9H,10-11H2,1-2H3,(H,19,23). The number of carbonyl (C=O) groups is 1. The van der Waals surface area contributed by atoms with Gasteiger partial charge in [-0.25, -0.2) is 4.68 Å². The molecule has 5 heteroatoms. The van der Waals surface area contributed by atoms with Crippen LogP contribution in [0.4, 0.5) is 5.69 Å². The highest BCUT2D eigenvalue weighted by molar-refractivity contribution is 6.08. The Kier molecular flexibility index (Phi) is 3.08. The Morgan fingerprint density at radius 3 is 2.65 bits per heavy atom. The number of benzene rings is 2. The lowest BCUT2D eigenvalue weighted by molar-refractivity contribution is 0.0957. The molecule has 0 unspecified atom stereocenters. The highest BCUT2D eigenvalue weighted by Gasteiger charge is 2.22. The molecule has 0 atom stereocenters. The lowest BCUT2D eigenvalue weighted by Gasteiger charge is -2.13. The summed E-state index contributed by atoms with van der Waals surface area (Å²) in [6.07, 6.45) is 0.773. The van der Waals surface area contributed by atoms with Crippen LogP contribution in [0, 0.1) is 0 Å². The molecule has 2 heterocycles. The number of aromatic nitrogens is 2. The first kappa shape index (κ1) is 13.8. The topological polar surface area (TPSA) is 50.2 Å². The van der Waals surface area contributed by atoms with E-state index in [1.54, 1.807) is 0 Å². The van der Waals surface area contributed by atoms with Gasteiger partial charge in [-0.2, -0.15) is 5.10 Å². The second-order valence-electron chi connectivity index (χ2n) is 5.97. The van der Waals surface area contributed by atoms with E-state index in [-0.39, 0.29) is 5.91 Å². The lowest BCUT2D eigenvalue weighted by atomic mass is 10.1. The maximum atomic E-state index is 12.2. The highest BCUT2D eigenvalue weighted by Crippen LogP contribution is 2.28. The quantitative estimate of drug-likeness (QED) is 0.791. The van der Waals surface area contributed by atoms with Crippen LogP contribution in [-0.2, 0) is 6.42 Å². The molecule has 5 nitrogen and oxygen atoms in total. The summed E-state index contributed by atoms with van der Waals surface area (Å²) in [6, 6.07) is 14.0. The van der Waals surface area contributed by atoms with Gasteiger partial charge in [0.2, 0.25) is 0 Å². The minimum absolute atomic E-state index is 0.0168. The van der Waals surface area contributed by atoms with Crippen molar-refractivity contribution in [2.24, 2.45) is 0 Å². The number of hydrogen-bond donors (Lipinski definition) is 1. The molecule has 116 valence electrons. The van der Waals surface area contributed by atoms with Crippen LogP contribution in [0.2, 0.25) is 0 Å². The van der Waals surface area contributed by atoms with Crippen molar-refractivity contribution < 1.29 is 4.79 Å². The van der Waals surface area contributed by atoms with Gasteiger partial charge in [-0.05, 0) is 36.4 Å². The van der Waals surface area contributed by atoms with E-state index in [2.05, 4.69) is 34.5 Å². The third-order valence-corrected chi connectivity index (χ3v) is 4.30. The molecular formula is C18H18N4O. The van der Waals surface area contributed by atoms with Crippen LogP contribution < -0.4 is 10.2 Å². The number of rotatable bonds is 2. The summed E-state index contributed by atoms with van der Waals surface area (Å²) in [4.78, 5) is 14.3. The molecule has 0 bridgehead atoms. The summed E-state index contributed by atoms with van der Waals surface area (Å²) < 4.78 is 1.97. The van der Waals surface area contributed by atoms with Gasteiger partial charge in [-0.3, -0.25) is 4.79 Å². The monoisotopic (exact) mass is 306 g/mol. The van der Waals surface area contributed by atoms with Crippen molar-refractivity contribution in [3.63, 3.8) is 0 Å². The molecule has 1 aliphatic rings. The Labute approximate surface area is 134 Å². The van der Waals surface area contributed by atoms with E-state index in [9.17, 15) is 4.79 Å². The number of anilines is 1. The number of carbonyl (C=O) groups excluding carboxylic acids is 1. The van der Waals surface area contributed by atoms with E-state index < -0.39 is 0 Å². The summed E-state index contributed by atoms with van der Waals surface area (Å²) in [6.45, 7) is 0.629. The molecule has 1 aromatic heterocycles.